The van der Waals surface area contributed by atoms with E-state index < -0.39 is 0 Å². The molecule has 0 aliphatic heterocycles. The van der Waals surface area contributed by atoms with Crippen LogP contribution in [0.25, 0.3) is 201 Å². The highest BCUT2D eigenvalue weighted by atomic mass is 15.0. The minimum atomic E-state index is 0.634. The van der Waals surface area contributed by atoms with Gasteiger partial charge in [-0.1, -0.05) is 388 Å². The number of pyridine rings is 2. The van der Waals surface area contributed by atoms with Crippen molar-refractivity contribution in [3.63, 3.8) is 0 Å². The smallest absolute Gasteiger partial charge is 0.164 e. The number of benzene rings is 16. The molecular weight excluding hydrogens is 1360 g/mol. The van der Waals surface area contributed by atoms with E-state index in [0.29, 0.717) is 23.3 Å². The van der Waals surface area contributed by atoms with E-state index in [2.05, 4.69) is 315 Å². The van der Waals surface area contributed by atoms with Gasteiger partial charge in [0.1, 0.15) is 0 Å². The summed E-state index contributed by atoms with van der Waals surface area (Å²) in [6, 6.07) is 146. The molecule has 0 spiro atoms. The van der Waals surface area contributed by atoms with E-state index in [1.165, 1.54) is 55.3 Å². The highest BCUT2D eigenvalue weighted by Crippen LogP contribution is 2.44. The molecule has 0 amide bonds. The zero-order chi connectivity index (χ0) is 74.5. The number of nitrogens with zero attached hydrogens (tertiary/aromatic N) is 7. The average molecular weight is 1430 g/mol. The second-order valence-corrected chi connectivity index (χ2v) is 27.8. The Morgan fingerprint density at radius 1 is 0.134 bits per heavy atom. The van der Waals surface area contributed by atoms with Crippen LogP contribution in [0.4, 0.5) is 0 Å². The zero-order valence-electron chi connectivity index (χ0n) is 61.0. The van der Waals surface area contributed by atoms with Gasteiger partial charge < -0.3 is 0 Å². The van der Waals surface area contributed by atoms with Crippen LogP contribution >= 0.6 is 0 Å². The lowest BCUT2D eigenvalue weighted by molar-refractivity contribution is 1.07. The molecule has 20 rings (SSSR count). The van der Waals surface area contributed by atoms with Crippen LogP contribution in [0.3, 0.4) is 0 Å². The second-order valence-electron chi connectivity index (χ2n) is 27.8. The molecular formula is C105H69N7. The van der Waals surface area contributed by atoms with Crippen LogP contribution in [0.15, 0.2) is 419 Å². The predicted octanol–water partition coefficient (Wildman–Crippen LogP) is 27.1. The number of hydrogen-bond acceptors (Lipinski definition) is 7. The lowest BCUT2D eigenvalue weighted by atomic mass is 9.91. The maximum Gasteiger partial charge on any atom is 0.164 e. The van der Waals surface area contributed by atoms with Gasteiger partial charge in [0.05, 0.1) is 33.8 Å². The fraction of sp³-hybridized carbons (Fsp3) is 0. The van der Waals surface area contributed by atoms with Gasteiger partial charge in [-0.2, -0.15) is 0 Å². The molecule has 0 bridgehead atoms. The lowest BCUT2D eigenvalue weighted by Crippen LogP contribution is -2.00. The van der Waals surface area contributed by atoms with Crippen molar-refractivity contribution in [1.29, 1.82) is 0 Å². The molecule has 524 valence electrons. The van der Waals surface area contributed by atoms with Crippen molar-refractivity contribution >= 4 is 43.4 Å². The Morgan fingerprint density at radius 2 is 0.375 bits per heavy atom. The van der Waals surface area contributed by atoms with Crippen LogP contribution in [-0.4, -0.2) is 34.9 Å². The Morgan fingerprint density at radius 3 is 0.723 bits per heavy atom. The van der Waals surface area contributed by atoms with E-state index in [1.807, 2.05) is 103 Å². The maximum absolute atomic E-state index is 5.35. The van der Waals surface area contributed by atoms with Gasteiger partial charge in [0.25, 0.3) is 0 Å². The molecule has 0 fully saturated rings. The van der Waals surface area contributed by atoms with Crippen molar-refractivity contribution in [3.8, 4) is 157 Å². The summed E-state index contributed by atoms with van der Waals surface area (Å²) in [6.07, 6.45) is 0. The number of rotatable bonds is 14. The van der Waals surface area contributed by atoms with Crippen molar-refractivity contribution in [2.45, 2.75) is 0 Å². The summed E-state index contributed by atoms with van der Waals surface area (Å²) >= 11 is 0. The van der Waals surface area contributed by atoms with Gasteiger partial charge in [0.15, 0.2) is 23.3 Å². The van der Waals surface area contributed by atoms with Gasteiger partial charge >= 0.3 is 0 Å². The summed E-state index contributed by atoms with van der Waals surface area (Å²) < 4.78 is 0. The molecule has 0 atom stereocenters. The second kappa shape index (κ2) is 30.3. The molecule has 112 heavy (non-hydrogen) atoms. The van der Waals surface area contributed by atoms with Gasteiger partial charge in [0.2, 0.25) is 0 Å². The first-order valence-corrected chi connectivity index (χ1v) is 37.7. The van der Waals surface area contributed by atoms with Gasteiger partial charge in [-0.3, -0.25) is 0 Å². The molecule has 20 aromatic rings. The Kier molecular flexibility index (Phi) is 18.3. The maximum atomic E-state index is 5.35. The Labute approximate surface area is 650 Å². The van der Waals surface area contributed by atoms with E-state index in [1.54, 1.807) is 0 Å². The summed E-state index contributed by atoms with van der Waals surface area (Å²) in [5.74, 6) is 2.64. The highest BCUT2D eigenvalue weighted by molar-refractivity contribution is 6.19. The molecule has 0 saturated carbocycles. The van der Waals surface area contributed by atoms with Crippen LogP contribution in [0.1, 0.15) is 0 Å². The van der Waals surface area contributed by atoms with Crippen molar-refractivity contribution in [1.82, 2.24) is 34.9 Å². The molecule has 0 N–H and O–H groups in total. The molecule has 16 aromatic carbocycles. The Balaban J connectivity index is 0.000000151. The van der Waals surface area contributed by atoms with Crippen LogP contribution in [0.5, 0.6) is 0 Å². The third-order valence-corrected chi connectivity index (χ3v) is 20.9. The molecule has 0 saturated heterocycles. The van der Waals surface area contributed by atoms with Crippen molar-refractivity contribution in [2.75, 3.05) is 0 Å². The SMILES string of the molecule is c1ccc(-c2ccc(-c3nc4ccc(-c5ccc(-c6cc(-c7ccccc7)nc(-c7ccccc7)n6)cc5)cc4c4c(-c5ccccc5)cccc34)cc2)cc1.c1ccc(-c2ccc(-c3nc4ccc(-c5ccc(-c6nc(-c7ccccc7)nc(-c7ccccc7)n6)cc5)cc4c4c(-c5ccccc5)cccc34)cc2)cc1. The minimum Gasteiger partial charge on any atom is -0.247 e. The number of hydrogen-bond donors (Lipinski definition) is 0. The first-order valence-electron chi connectivity index (χ1n) is 37.7. The van der Waals surface area contributed by atoms with Gasteiger partial charge in [0, 0.05) is 76.8 Å². The third-order valence-electron chi connectivity index (χ3n) is 20.9. The topological polar surface area (TPSA) is 90.2 Å². The molecule has 0 aliphatic carbocycles. The van der Waals surface area contributed by atoms with Crippen LogP contribution < -0.4 is 0 Å². The molecule has 4 heterocycles. The zero-order valence-corrected chi connectivity index (χ0v) is 61.0. The van der Waals surface area contributed by atoms with Gasteiger partial charge in [-0.05, 0) is 97.1 Å². The van der Waals surface area contributed by atoms with Gasteiger partial charge in [-0.15, -0.1) is 0 Å². The fourth-order valence-electron chi connectivity index (χ4n) is 15.2. The molecule has 7 nitrogen and oxygen atoms in total. The van der Waals surface area contributed by atoms with Crippen LogP contribution in [0.2, 0.25) is 0 Å². The largest absolute Gasteiger partial charge is 0.247 e. The summed E-state index contributed by atoms with van der Waals surface area (Å²) in [7, 11) is 0. The summed E-state index contributed by atoms with van der Waals surface area (Å²) in [5, 5.41) is 6.89. The quantitative estimate of drug-likeness (QED) is 0.100. The average Bonchev–Trinajstić information content (AvgIpc) is 0.744. The molecule has 4 aromatic heterocycles. The highest BCUT2D eigenvalue weighted by Gasteiger charge is 2.21. The van der Waals surface area contributed by atoms with E-state index in [-0.39, 0.29) is 0 Å². The van der Waals surface area contributed by atoms with Crippen molar-refractivity contribution in [3.05, 3.63) is 419 Å². The third kappa shape index (κ3) is 13.7. The number of aromatic nitrogens is 7. The van der Waals surface area contributed by atoms with Crippen molar-refractivity contribution in [2.24, 2.45) is 0 Å². The Hall–Kier alpha value is -15.1. The lowest BCUT2D eigenvalue weighted by Gasteiger charge is -2.15. The summed E-state index contributed by atoms with van der Waals surface area (Å²) in [4.78, 5) is 35.5. The monoisotopic (exact) mass is 1430 g/mol. The van der Waals surface area contributed by atoms with E-state index in [0.717, 1.165) is 122 Å². The van der Waals surface area contributed by atoms with E-state index in [9.17, 15) is 0 Å². The molecule has 0 radical (unpaired) electrons. The van der Waals surface area contributed by atoms with Gasteiger partial charge in [-0.25, -0.2) is 34.9 Å². The molecule has 0 aliphatic rings. The fourth-order valence-corrected chi connectivity index (χ4v) is 15.2. The normalized spacial score (nSPS) is 11.2. The standard InChI is InChI=1S/C53H35N3.C52H34N4/c1-5-14-36(15-6-1)37-26-30-42(31-27-37)52-46-23-13-22-45(39-16-7-2-8-17-39)51(46)47-34-44(32-33-48(47)54-52)38-24-28-41(29-25-38)50-35-49(40-18-9-3-10-19-40)55-53(56-50)43-20-11-4-12-21-43;1-5-14-35(15-6-1)36-24-28-39(29-25-36)49-45-23-13-22-44(38-16-7-2-8-17-38)48(45)46-34-43(32-33-47(46)53-49)37-26-30-42(31-27-37)52-55-50(40-18-9-3-10-19-40)54-51(56-52)41-20-11-4-12-21-41/h1-35H;1-34H. The minimum absolute atomic E-state index is 0.634. The van der Waals surface area contributed by atoms with E-state index >= 15 is 0 Å². The van der Waals surface area contributed by atoms with E-state index in [4.69, 9.17) is 34.9 Å². The summed E-state index contributed by atoms with van der Waals surface area (Å²) in [6.45, 7) is 0. The van der Waals surface area contributed by atoms with Crippen LogP contribution in [-0.2, 0) is 0 Å². The Bertz CT molecular complexity index is 6230. The first-order chi connectivity index (χ1) is 55.5. The van der Waals surface area contributed by atoms with Crippen molar-refractivity contribution < 1.29 is 0 Å². The number of fused-ring (bicyclic) bond motifs is 6. The summed E-state index contributed by atoms with van der Waals surface area (Å²) in [5.41, 5.74) is 27.7. The predicted molar refractivity (Wildman–Crippen MR) is 464 cm³/mol. The molecule has 0 unspecified atom stereocenters. The van der Waals surface area contributed by atoms with Crippen LogP contribution in [0, 0.1) is 0 Å². The molecule has 7 heteroatoms. The first kappa shape index (κ1) is 67.5.